The first-order valence-corrected chi connectivity index (χ1v) is 6.51. The number of carbonyl (C=O) groups is 1. The quantitative estimate of drug-likeness (QED) is 0.840. The lowest BCUT2D eigenvalue weighted by molar-refractivity contribution is -0.136. The zero-order valence-corrected chi connectivity index (χ0v) is 10.7. The molecule has 0 bridgehead atoms. The summed E-state index contributed by atoms with van der Waals surface area (Å²) < 4.78 is 5.37. The number of ether oxygens (including phenoxy) is 1. The number of hydrogen-bond acceptors (Lipinski definition) is 4. The summed E-state index contributed by atoms with van der Waals surface area (Å²) in [6.07, 6.45) is 1.14. The zero-order valence-electron chi connectivity index (χ0n) is 9.86. The van der Waals surface area contributed by atoms with Crippen LogP contribution >= 0.6 is 11.3 Å². The molecule has 2 rings (SSSR count). The summed E-state index contributed by atoms with van der Waals surface area (Å²) in [5, 5.41) is 12.2. The van der Waals surface area contributed by atoms with Crippen LogP contribution in [0.4, 0.5) is 0 Å². The highest BCUT2D eigenvalue weighted by atomic mass is 32.1. The van der Waals surface area contributed by atoms with Crippen LogP contribution in [0.1, 0.15) is 23.1 Å². The Morgan fingerprint density at radius 1 is 1.59 bits per heavy atom. The summed E-state index contributed by atoms with van der Waals surface area (Å²) in [5.74, 6) is -0.775. The Bertz CT molecular complexity index is 396. The lowest BCUT2D eigenvalue weighted by Gasteiger charge is -2.23. The smallest absolute Gasteiger partial charge is 0.308 e. The molecule has 2 heterocycles. The lowest BCUT2D eigenvalue weighted by Crippen LogP contribution is -2.42. The average Bonchev–Trinajstić information content (AvgIpc) is 2.85. The molecule has 1 aromatic rings. The topological polar surface area (TPSA) is 58.6 Å². The first-order valence-electron chi connectivity index (χ1n) is 5.70. The van der Waals surface area contributed by atoms with Gasteiger partial charge < -0.3 is 15.2 Å². The second-order valence-corrected chi connectivity index (χ2v) is 5.91. The van der Waals surface area contributed by atoms with E-state index < -0.39 is 5.97 Å². The molecule has 2 N–H and O–H groups in total. The minimum absolute atomic E-state index is 0.0664. The third kappa shape index (κ3) is 3.52. The van der Waals surface area contributed by atoms with E-state index >= 15 is 0 Å². The summed E-state index contributed by atoms with van der Waals surface area (Å²) in [6, 6.07) is 3.89. The second kappa shape index (κ2) is 5.16. The summed E-state index contributed by atoms with van der Waals surface area (Å²) in [5.41, 5.74) is 0.0664. The van der Waals surface area contributed by atoms with Gasteiger partial charge in [0.2, 0.25) is 0 Å². The van der Waals surface area contributed by atoms with Crippen LogP contribution in [0, 0.1) is 0 Å². The molecule has 1 atom stereocenters. The normalized spacial score (nSPS) is 24.1. The number of rotatable bonds is 5. The summed E-state index contributed by atoms with van der Waals surface area (Å²) >= 11 is 1.56. The van der Waals surface area contributed by atoms with Crippen molar-refractivity contribution >= 4 is 17.3 Å². The van der Waals surface area contributed by atoms with Crippen LogP contribution < -0.4 is 5.32 Å². The van der Waals surface area contributed by atoms with Crippen molar-refractivity contribution < 1.29 is 14.6 Å². The number of hydrogen-bond donors (Lipinski definition) is 2. The molecule has 1 aliphatic heterocycles. The second-order valence-electron chi connectivity index (χ2n) is 4.66. The molecule has 0 saturated carbocycles. The largest absolute Gasteiger partial charge is 0.481 e. The van der Waals surface area contributed by atoms with Gasteiger partial charge in [0.05, 0.1) is 13.0 Å². The molecule has 0 spiro atoms. The molecule has 1 unspecified atom stereocenters. The summed E-state index contributed by atoms with van der Waals surface area (Å²) in [7, 11) is 0. The fourth-order valence-corrected chi connectivity index (χ4v) is 2.82. The van der Waals surface area contributed by atoms with Gasteiger partial charge in [-0.2, -0.15) is 0 Å². The molecule has 1 aliphatic rings. The van der Waals surface area contributed by atoms with Crippen molar-refractivity contribution in [2.45, 2.75) is 31.8 Å². The number of thiophene rings is 1. The van der Waals surface area contributed by atoms with Crippen molar-refractivity contribution in [3.8, 4) is 0 Å². The standard InChI is InChI=1S/C12H17NO3S/c1-12(4-5-16-8-12)13-7-10-3-2-9(17-10)6-11(14)15/h2-3,13H,4-8H2,1H3,(H,14,15). The van der Waals surface area contributed by atoms with Crippen LogP contribution in [0.2, 0.25) is 0 Å². The van der Waals surface area contributed by atoms with Gasteiger partial charge in [0.25, 0.3) is 0 Å². The van der Waals surface area contributed by atoms with Gasteiger partial charge in [-0.1, -0.05) is 0 Å². The first kappa shape index (κ1) is 12.5. The maximum absolute atomic E-state index is 10.6. The molecule has 0 aromatic carbocycles. The number of carboxylic acids is 1. The molecule has 0 radical (unpaired) electrons. The van der Waals surface area contributed by atoms with Gasteiger partial charge in [-0.3, -0.25) is 4.79 Å². The minimum Gasteiger partial charge on any atom is -0.481 e. The predicted molar refractivity (Wildman–Crippen MR) is 66.3 cm³/mol. The molecule has 1 saturated heterocycles. The monoisotopic (exact) mass is 255 g/mol. The van der Waals surface area contributed by atoms with Crippen molar-refractivity contribution in [3.05, 3.63) is 21.9 Å². The van der Waals surface area contributed by atoms with Gasteiger partial charge in [0.1, 0.15) is 0 Å². The molecule has 5 heteroatoms. The van der Waals surface area contributed by atoms with E-state index in [1.807, 2.05) is 12.1 Å². The van der Waals surface area contributed by atoms with Crippen molar-refractivity contribution in [3.63, 3.8) is 0 Å². The molecular formula is C12H17NO3S. The van der Waals surface area contributed by atoms with E-state index in [-0.39, 0.29) is 12.0 Å². The van der Waals surface area contributed by atoms with Crippen LogP contribution in [0.15, 0.2) is 12.1 Å². The molecule has 0 amide bonds. The van der Waals surface area contributed by atoms with Crippen LogP contribution in [-0.4, -0.2) is 29.8 Å². The van der Waals surface area contributed by atoms with Crippen LogP contribution in [0.3, 0.4) is 0 Å². The van der Waals surface area contributed by atoms with Gasteiger partial charge in [-0.05, 0) is 25.5 Å². The molecule has 1 aromatic heterocycles. The first-order chi connectivity index (χ1) is 8.07. The van der Waals surface area contributed by atoms with Gasteiger partial charge in [-0.25, -0.2) is 0 Å². The zero-order chi connectivity index (χ0) is 12.3. The Morgan fingerprint density at radius 2 is 2.35 bits per heavy atom. The molecule has 0 aliphatic carbocycles. The van der Waals surface area contributed by atoms with Crippen LogP contribution in [0.5, 0.6) is 0 Å². The van der Waals surface area contributed by atoms with Crippen molar-refractivity contribution in [2.75, 3.05) is 13.2 Å². The Morgan fingerprint density at radius 3 is 3.00 bits per heavy atom. The average molecular weight is 255 g/mol. The Kier molecular flexibility index (Phi) is 3.81. The van der Waals surface area contributed by atoms with Crippen LogP contribution in [0.25, 0.3) is 0 Å². The van der Waals surface area contributed by atoms with E-state index in [1.165, 1.54) is 4.88 Å². The SMILES string of the molecule is CC1(NCc2ccc(CC(=O)O)s2)CCOC1. The van der Waals surface area contributed by atoms with E-state index in [2.05, 4.69) is 12.2 Å². The number of aliphatic carboxylic acids is 1. The lowest BCUT2D eigenvalue weighted by atomic mass is 10.0. The molecule has 1 fully saturated rings. The third-order valence-electron chi connectivity index (χ3n) is 2.95. The third-order valence-corrected chi connectivity index (χ3v) is 4.04. The maximum Gasteiger partial charge on any atom is 0.308 e. The predicted octanol–water partition coefficient (Wildman–Crippen LogP) is 1.64. The Balaban J connectivity index is 1.86. The highest BCUT2D eigenvalue weighted by Gasteiger charge is 2.28. The van der Waals surface area contributed by atoms with E-state index in [0.717, 1.165) is 31.1 Å². The van der Waals surface area contributed by atoms with Gasteiger partial charge in [0, 0.05) is 28.4 Å². The highest BCUT2D eigenvalue weighted by molar-refractivity contribution is 7.12. The number of carboxylic acid groups (broad SMARTS) is 1. The number of nitrogens with one attached hydrogen (secondary N) is 1. The van der Waals surface area contributed by atoms with Gasteiger partial charge >= 0.3 is 5.97 Å². The molecule has 94 valence electrons. The van der Waals surface area contributed by atoms with Crippen LogP contribution in [-0.2, 0) is 22.5 Å². The van der Waals surface area contributed by atoms with Gasteiger partial charge in [0.15, 0.2) is 0 Å². The summed E-state index contributed by atoms with van der Waals surface area (Å²) in [6.45, 7) is 4.51. The molecule has 4 nitrogen and oxygen atoms in total. The summed E-state index contributed by atoms with van der Waals surface area (Å²) in [4.78, 5) is 12.7. The van der Waals surface area contributed by atoms with E-state index in [1.54, 1.807) is 11.3 Å². The highest BCUT2D eigenvalue weighted by Crippen LogP contribution is 2.21. The van der Waals surface area contributed by atoms with E-state index in [0.29, 0.717) is 0 Å². The fourth-order valence-electron chi connectivity index (χ4n) is 1.87. The Hall–Kier alpha value is -0.910. The van der Waals surface area contributed by atoms with Crippen molar-refractivity contribution in [1.82, 2.24) is 5.32 Å². The molecule has 17 heavy (non-hydrogen) atoms. The van der Waals surface area contributed by atoms with Gasteiger partial charge in [-0.15, -0.1) is 11.3 Å². The molecular weight excluding hydrogens is 238 g/mol. The Labute approximate surface area is 105 Å². The van der Waals surface area contributed by atoms with Crippen molar-refractivity contribution in [1.29, 1.82) is 0 Å². The van der Waals surface area contributed by atoms with E-state index in [4.69, 9.17) is 9.84 Å². The van der Waals surface area contributed by atoms with Crippen molar-refractivity contribution in [2.24, 2.45) is 0 Å². The van der Waals surface area contributed by atoms with E-state index in [9.17, 15) is 4.79 Å². The minimum atomic E-state index is -0.775. The maximum atomic E-state index is 10.6. The fraction of sp³-hybridized carbons (Fsp3) is 0.583.